The predicted molar refractivity (Wildman–Crippen MR) is 125 cm³/mol. The molecule has 1 atom stereocenters. The van der Waals surface area contributed by atoms with Crippen LogP contribution in [0.4, 0.5) is 0 Å². The van der Waals surface area contributed by atoms with Crippen LogP contribution in [0, 0.1) is 0 Å². The molecule has 1 N–H and O–H groups in total. The van der Waals surface area contributed by atoms with Crippen LogP contribution in [0.5, 0.6) is 5.75 Å². The number of aliphatic hydroxyl groups is 1. The van der Waals surface area contributed by atoms with Gasteiger partial charge in [0, 0.05) is 35.8 Å². The minimum atomic E-state index is -4.33. The van der Waals surface area contributed by atoms with E-state index in [9.17, 15) is 17.8 Å². The summed E-state index contributed by atoms with van der Waals surface area (Å²) in [5.41, 5.74) is 1.12. The van der Waals surface area contributed by atoms with Crippen LogP contribution in [0.1, 0.15) is 24.3 Å². The number of rotatable bonds is 10. The zero-order chi connectivity index (χ0) is 24.2. The Bertz CT molecular complexity index is 1090. The van der Waals surface area contributed by atoms with Crippen LogP contribution in [0.2, 0.25) is 5.02 Å². The molecule has 180 valence electrons. The second-order valence-electron chi connectivity index (χ2n) is 7.50. The van der Waals surface area contributed by atoms with Crippen molar-refractivity contribution in [3.63, 3.8) is 0 Å². The molecule has 1 fully saturated rings. The minimum Gasteiger partial charge on any atom is -0.748 e. The number of thiocarbonyl (C=S) groups is 1. The van der Waals surface area contributed by atoms with Gasteiger partial charge in [-0.2, -0.15) is 0 Å². The van der Waals surface area contributed by atoms with Crippen molar-refractivity contribution in [3.05, 3.63) is 52.4 Å². The second-order valence-corrected chi connectivity index (χ2v) is 9.82. The number of hydrogen-bond acceptors (Lipinski definition) is 8. The number of aliphatic hydroxyl groups excluding tert-OH is 1. The van der Waals surface area contributed by atoms with Gasteiger partial charge in [0.1, 0.15) is 17.2 Å². The Morgan fingerprint density at radius 3 is 2.74 bits per heavy atom. The van der Waals surface area contributed by atoms with E-state index in [1.807, 2.05) is 0 Å². The molecular formula is C21H24ClKN2O7S2. The third-order valence-corrected chi connectivity index (χ3v) is 6.76. The van der Waals surface area contributed by atoms with E-state index in [4.69, 9.17) is 38.4 Å². The van der Waals surface area contributed by atoms with Crippen molar-refractivity contribution in [2.24, 2.45) is 0 Å². The van der Waals surface area contributed by atoms with Gasteiger partial charge in [0.05, 0.1) is 29.9 Å². The number of nitrogens with zero attached hydrogens (tertiary/aromatic N) is 2. The largest absolute Gasteiger partial charge is 1.00 e. The minimum absolute atomic E-state index is 0. The monoisotopic (exact) mass is 554 g/mol. The molecule has 0 radical (unpaired) electrons. The number of amides is 1. The summed E-state index contributed by atoms with van der Waals surface area (Å²) in [6.07, 6.45) is 3.76. The van der Waals surface area contributed by atoms with Crippen LogP contribution in [-0.2, 0) is 19.6 Å². The molecule has 0 bridgehead atoms. The van der Waals surface area contributed by atoms with Crippen LogP contribution in [-0.4, -0.2) is 78.1 Å². The van der Waals surface area contributed by atoms with Crippen LogP contribution in [0.3, 0.4) is 0 Å². The average molecular weight is 555 g/mol. The fourth-order valence-corrected chi connectivity index (χ4v) is 4.64. The van der Waals surface area contributed by atoms with E-state index >= 15 is 0 Å². The van der Waals surface area contributed by atoms with Crippen molar-refractivity contribution in [3.8, 4) is 5.75 Å². The second kappa shape index (κ2) is 13.2. The number of carbonyl (C=O) groups excluding carboxylic acids is 1. The fourth-order valence-electron chi connectivity index (χ4n) is 3.67. The van der Waals surface area contributed by atoms with Crippen LogP contribution in [0.25, 0.3) is 0 Å². The first-order valence-electron chi connectivity index (χ1n) is 10.2. The normalized spacial score (nSPS) is 20.2. The molecular weight excluding hydrogens is 531 g/mol. The number of halogens is 1. The van der Waals surface area contributed by atoms with Gasteiger partial charge >= 0.3 is 51.4 Å². The zero-order valence-electron chi connectivity index (χ0n) is 18.9. The van der Waals surface area contributed by atoms with Gasteiger partial charge in [-0.25, -0.2) is 8.42 Å². The third-order valence-electron chi connectivity index (χ3n) is 5.24. The van der Waals surface area contributed by atoms with Gasteiger partial charge in [0.25, 0.3) is 5.91 Å². The Morgan fingerprint density at radius 2 is 2.06 bits per heavy atom. The summed E-state index contributed by atoms with van der Waals surface area (Å²) in [6.45, 7) is 0.672. The molecule has 2 aliphatic rings. The topological polar surface area (TPSA) is 119 Å². The average Bonchev–Trinajstić information content (AvgIpc) is 3.18. The van der Waals surface area contributed by atoms with E-state index in [0.717, 1.165) is 5.56 Å². The Morgan fingerprint density at radius 1 is 1.32 bits per heavy atom. The standard InChI is InChI=1S/C21H25ClN2O7S2.K/c1-23-20(26)17(24(21(23)32)8-10-30-11-9-25)5-7-18-15(3-2-12-33(27,28)29)16-13-14(22)4-6-19(16)31-18;/h4-7,13,15,25H,2-3,8-12H2,1H3,(H,27,28,29);/q;+1/p-1. The van der Waals surface area contributed by atoms with E-state index in [1.165, 1.54) is 4.90 Å². The Hall–Kier alpha value is -0.384. The molecule has 0 saturated carbocycles. The maximum absolute atomic E-state index is 12.7. The zero-order valence-corrected chi connectivity index (χ0v) is 24.4. The molecule has 1 saturated heterocycles. The molecule has 1 unspecified atom stereocenters. The molecule has 0 aromatic heterocycles. The molecule has 0 spiro atoms. The molecule has 1 aromatic rings. The van der Waals surface area contributed by atoms with E-state index < -0.39 is 15.9 Å². The van der Waals surface area contributed by atoms with E-state index in [2.05, 4.69) is 0 Å². The smallest absolute Gasteiger partial charge is 0.748 e. The third kappa shape index (κ3) is 7.56. The SMILES string of the molecule is CN1C(=O)C(=CC=C2Oc3ccc(Cl)cc3C2CCCS(=O)(=O)[O-])N(CCOCCO)C1=S.[K+]. The summed E-state index contributed by atoms with van der Waals surface area (Å²) in [5.74, 6) is 0.00492. The molecule has 1 amide bonds. The number of carbonyl (C=O) groups is 1. The number of ether oxygens (including phenoxy) is 2. The van der Waals surface area contributed by atoms with Crippen LogP contribution >= 0.6 is 23.8 Å². The van der Waals surface area contributed by atoms with Crippen molar-refractivity contribution >= 4 is 45.0 Å². The first-order valence-corrected chi connectivity index (χ1v) is 12.6. The predicted octanol–water partition coefficient (Wildman–Crippen LogP) is -1.02. The summed E-state index contributed by atoms with van der Waals surface area (Å²) in [7, 11) is -2.75. The fraction of sp³-hybridized carbons (Fsp3) is 0.429. The molecule has 3 rings (SSSR count). The number of hydrogen-bond donors (Lipinski definition) is 1. The quantitative estimate of drug-likeness (QED) is 0.127. The first-order chi connectivity index (χ1) is 15.6. The van der Waals surface area contributed by atoms with Gasteiger partial charge in [-0.3, -0.25) is 9.69 Å². The first kappa shape index (κ1) is 29.8. The maximum atomic E-state index is 12.7. The van der Waals surface area contributed by atoms with Crippen LogP contribution in [0.15, 0.2) is 41.8 Å². The number of fused-ring (bicyclic) bond motifs is 1. The summed E-state index contributed by atoms with van der Waals surface area (Å²) in [4.78, 5) is 15.7. The van der Waals surface area contributed by atoms with Gasteiger partial charge in [-0.15, -0.1) is 0 Å². The molecule has 13 heteroatoms. The van der Waals surface area contributed by atoms with Crippen molar-refractivity contribution in [1.29, 1.82) is 0 Å². The van der Waals surface area contributed by atoms with Gasteiger partial charge in [0.15, 0.2) is 5.11 Å². The van der Waals surface area contributed by atoms with Crippen molar-refractivity contribution in [1.82, 2.24) is 9.80 Å². The van der Waals surface area contributed by atoms with Gasteiger partial charge in [-0.1, -0.05) is 11.6 Å². The Kier molecular flexibility index (Phi) is 11.6. The van der Waals surface area contributed by atoms with E-state index in [0.29, 0.717) is 40.3 Å². The van der Waals surface area contributed by atoms with Gasteiger partial charge in [-0.05, 0) is 55.4 Å². The molecule has 2 aliphatic heterocycles. The van der Waals surface area contributed by atoms with Crippen LogP contribution < -0.4 is 56.1 Å². The molecule has 1 aromatic carbocycles. The Balaban J connectivity index is 0.00000408. The maximum Gasteiger partial charge on any atom is 1.00 e. The van der Waals surface area contributed by atoms with E-state index in [-0.39, 0.29) is 89.5 Å². The van der Waals surface area contributed by atoms with Crippen molar-refractivity contribution < 1.29 is 83.7 Å². The molecule has 0 aliphatic carbocycles. The van der Waals surface area contributed by atoms with E-state index in [1.54, 1.807) is 42.3 Å². The van der Waals surface area contributed by atoms with Gasteiger partial charge < -0.3 is 24.0 Å². The molecule has 9 nitrogen and oxygen atoms in total. The summed E-state index contributed by atoms with van der Waals surface area (Å²) in [6, 6.07) is 5.15. The number of likely N-dealkylation sites (N-methyl/N-ethyl adjacent to an activating group) is 1. The van der Waals surface area contributed by atoms with Crippen molar-refractivity contribution in [2.45, 2.75) is 18.8 Å². The number of benzene rings is 1. The van der Waals surface area contributed by atoms with Crippen molar-refractivity contribution in [2.75, 3.05) is 39.2 Å². The Labute approximate surface area is 251 Å². The summed E-state index contributed by atoms with van der Waals surface area (Å²) in [5, 5.41) is 9.69. The summed E-state index contributed by atoms with van der Waals surface area (Å²) >= 11 is 11.5. The van der Waals surface area contributed by atoms with Gasteiger partial charge in [0.2, 0.25) is 0 Å². The number of allylic oxidation sites excluding steroid dienone is 3. The molecule has 34 heavy (non-hydrogen) atoms. The summed E-state index contributed by atoms with van der Waals surface area (Å²) < 4.78 is 44.3. The molecule has 2 heterocycles.